The molecule has 0 saturated heterocycles. The van der Waals surface area contributed by atoms with Gasteiger partial charge in [-0.2, -0.15) is 0 Å². The Morgan fingerprint density at radius 2 is 2.00 bits per heavy atom. The molecule has 1 aliphatic carbocycles. The number of nitrogens with two attached hydrogens (primary N) is 1. The first-order chi connectivity index (χ1) is 9.51. The Kier molecular flexibility index (Phi) is 4.20. The summed E-state index contributed by atoms with van der Waals surface area (Å²) in [6.45, 7) is 0.322. The van der Waals surface area contributed by atoms with Crippen LogP contribution in [0.4, 0.5) is 14.5 Å². The molecular formula is C13H17F2N3O2. The Bertz CT molecular complexity index is 490. The number of halogens is 2. The van der Waals surface area contributed by atoms with Crippen molar-refractivity contribution in [3.63, 3.8) is 0 Å². The summed E-state index contributed by atoms with van der Waals surface area (Å²) < 4.78 is 32.4. The maximum Gasteiger partial charge on any atom is 0.251 e. The van der Waals surface area contributed by atoms with Crippen molar-refractivity contribution < 1.29 is 18.3 Å². The van der Waals surface area contributed by atoms with E-state index >= 15 is 0 Å². The van der Waals surface area contributed by atoms with Gasteiger partial charge in [0.15, 0.2) is 11.6 Å². The second-order valence-electron chi connectivity index (χ2n) is 4.88. The van der Waals surface area contributed by atoms with Gasteiger partial charge in [0, 0.05) is 19.2 Å². The number of benzene rings is 1. The van der Waals surface area contributed by atoms with Crippen molar-refractivity contribution >= 4 is 11.6 Å². The monoisotopic (exact) mass is 285 g/mol. The predicted octanol–water partition coefficient (Wildman–Crippen LogP) is 1.55. The number of amides is 1. The Morgan fingerprint density at radius 3 is 2.40 bits per heavy atom. The number of nitrogen functional groups attached to an aromatic ring is 1. The molecule has 1 amide bonds. The average molecular weight is 285 g/mol. The molecule has 20 heavy (non-hydrogen) atoms. The number of hydrazine groups is 1. The van der Waals surface area contributed by atoms with Crippen LogP contribution in [-0.4, -0.2) is 25.2 Å². The molecule has 7 heteroatoms. The number of hydrogen-bond acceptors (Lipinski definition) is 4. The zero-order chi connectivity index (χ0) is 14.8. The molecule has 2 rings (SSSR count). The highest BCUT2D eigenvalue weighted by atomic mass is 19.1. The van der Waals surface area contributed by atoms with Crippen LogP contribution in [0.5, 0.6) is 0 Å². The lowest BCUT2D eigenvalue weighted by Gasteiger charge is -2.40. The van der Waals surface area contributed by atoms with Crippen LogP contribution in [0.25, 0.3) is 0 Å². The number of methoxy groups -OCH3 is 1. The first-order valence-corrected chi connectivity index (χ1v) is 6.30. The van der Waals surface area contributed by atoms with E-state index in [0.29, 0.717) is 6.54 Å². The van der Waals surface area contributed by atoms with Crippen molar-refractivity contribution in [1.29, 1.82) is 0 Å². The number of hydrogen-bond donors (Lipinski definition) is 3. The first kappa shape index (κ1) is 14.7. The van der Waals surface area contributed by atoms with Crippen molar-refractivity contribution in [3.05, 3.63) is 29.3 Å². The maximum atomic E-state index is 13.5. The van der Waals surface area contributed by atoms with Crippen LogP contribution in [0.3, 0.4) is 0 Å². The van der Waals surface area contributed by atoms with Crippen LogP contribution in [0, 0.1) is 11.6 Å². The third-order valence-corrected chi connectivity index (χ3v) is 3.72. The van der Waals surface area contributed by atoms with Gasteiger partial charge < -0.3 is 15.5 Å². The second-order valence-corrected chi connectivity index (χ2v) is 4.88. The molecule has 1 aromatic carbocycles. The summed E-state index contributed by atoms with van der Waals surface area (Å²) in [6, 6.07) is 1.88. The Morgan fingerprint density at radius 1 is 1.40 bits per heavy atom. The lowest BCUT2D eigenvalue weighted by Crippen LogP contribution is -2.49. The largest absolute Gasteiger partial charge is 0.376 e. The van der Waals surface area contributed by atoms with Gasteiger partial charge >= 0.3 is 0 Å². The number of ether oxygens (including phenoxy) is 1. The van der Waals surface area contributed by atoms with Gasteiger partial charge in [-0.25, -0.2) is 8.78 Å². The molecule has 0 spiro atoms. The van der Waals surface area contributed by atoms with Crippen molar-refractivity contribution in [2.45, 2.75) is 24.9 Å². The normalized spacial score (nSPS) is 16.4. The number of carbonyl (C=O) groups is 1. The van der Waals surface area contributed by atoms with Gasteiger partial charge in [-0.05, 0) is 31.4 Å². The molecule has 0 heterocycles. The fourth-order valence-electron chi connectivity index (χ4n) is 2.21. The summed E-state index contributed by atoms with van der Waals surface area (Å²) in [6.07, 6.45) is 2.77. The molecule has 0 atom stereocenters. The van der Waals surface area contributed by atoms with E-state index in [9.17, 15) is 13.6 Å². The lowest BCUT2D eigenvalue weighted by atomic mass is 9.80. The quantitative estimate of drug-likeness (QED) is 0.566. The van der Waals surface area contributed by atoms with E-state index in [0.717, 1.165) is 31.4 Å². The molecule has 0 unspecified atom stereocenters. The van der Waals surface area contributed by atoms with E-state index in [1.54, 1.807) is 7.11 Å². The van der Waals surface area contributed by atoms with Gasteiger partial charge in [-0.15, -0.1) is 0 Å². The molecule has 1 aliphatic rings. The molecule has 4 N–H and O–H groups in total. The van der Waals surface area contributed by atoms with E-state index in [2.05, 4.69) is 5.32 Å². The van der Waals surface area contributed by atoms with E-state index < -0.39 is 23.2 Å². The standard InChI is InChI=1S/C13H17F2N3O2/c1-20-13(3-2-4-13)7-17-12(19)8-5-9(14)11(18-16)10(15)6-8/h5-6,18H,2-4,7,16H2,1H3,(H,17,19). The third kappa shape index (κ3) is 2.73. The highest BCUT2D eigenvalue weighted by molar-refractivity contribution is 5.94. The van der Waals surface area contributed by atoms with Crippen LogP contribution in [0.2, 0.25) is 0 Å². The maximum absolute atomic E-state index is 13.5. The molecule has 1 aromatic rings. The number of anilines is 1. The molecule has 1 fully saturated rings. The fraction of sp³-hybridized carbons (Fsp3) is 0.462. The molecule has 0 aliphatic heterocycles. The summed E-state index contributed by atoms with van der Waals surface area (Å²) in [5.74, 6) is 2.62. The predicted molar refractivity (Wildman–Crippen MR) is 70.1 cm³/mol. The average Bonchev–Trinajstić information content (AvgIpc) is 2.37. The molecule has 1 saturated carbocycles. The topological polar surface area (TPSA) is 76.4 Å². The minimum absolute atomic E-state index is 0.0930. The lowest BCUT2D eigenvalue weighted by molar-refractivity contribution is -0.0679. The highest BCUT2D eigenvalue weighted by Crippen LogP contribution is 2.34. The van der Waals surface area contributed by atoms with Crippen molar-refractivity contribution in [2.75, 3.05) is 19.1 Å². The summed E-state index contributed by atoms with van der Waals surface area (Å²) in [7, 11) is 1.59. The van der Waals surface area contributed by atoms with E-state index in [1.165, 1.54) is 0 Å². The van der Waals surface area contributed by atoms with E-state index in [-0.39, 0.29) is 11.2 Å². The summed E-state index contributed by atoms with van der Waals surface area (Å²) in [4.78, 5) is 11.9. The van der Waals surface area contributed by atoms with Gasteiger partial charge in [0.1, 0.15) is 5.69 Å². The summed E-state index contributed by atoms with van der Waals surface area (Å²) >= 11 is 0. The van der Waals surface area contributed by atoms with Gasteiger partial charge in [0.25, 0.3) is 5.91 Å². The minimum Gasteiger partial charge on any atom is -0.376 e. The van der Waals surface area contributed by atoms with E-state index in [4.69, 9.17) is 10.6 Å². The Hall–Kier alpha value is -1.73. The third-order valence-electron chi connectivity index (χ3n) is 3.72. The number of rotatable bonds is 5. The summed E-state index contributed by atoms with van der Waals surface area (Å²) in [5, 5.41) is 2.64. The van der Waals surface area contributed by atoms with E-state index in [1.807, 2.05) is 5.43 Å². The zero-order valence-corrected chi connectivity index (χ0v) is 11.1. The number of nitrogens with one attached hydrogen (secondary N) is 2. The van der Waals surface area contributed by atoms with Crippen molar-refractivity contribution in [1.82, 2.24) is 5.32 Å². The zero-order valence-electron chi connectivity index (χ0n) is 11.1. The van der Waals surface area contributed by atoms with Crippen LogP contribution < -0.4 is 16.6 Å². The SMILES string of the molecule is COC1(CNC(=O)c2cc(F)c(NN)c(F)c2)CCC1. The van der Waals surface area contributed by atoms with Crippen LogP contribution in [0.15, 0.2) is 12.1 Å². The van der Waals surface area contributed by atoms with Gasteiger partial charge in [-0.1, -0.05) is 0 Å². The smallest absolute Gasteiger partial charge is 0.251 e. The van der Waals surface area contributed by atoms with Crippen LogP contribution in [-0.2, 0) is 4.74 Å². The highest BCUT2D eigenvalue weighted by Gasteiger charge is 2.37. The second kappa shape index (κ2) is 5.72. The first-order valence-electron chi connectivity index (χ1n) is 6.30. The molecular weight excluding hydrogens is 268 g/mol. The van der Waals surface area contributed by atoms with Gasteiger partial charge in [0.2, 0.25) is 0 Å². The van der Waals surface area contributed by atoms with Gasteiger partial charge in [-0.3, -0.25) is 10.6 Å². The molecule has 0 radical (unpaired) electrons. The van der Waals surface area contributed by atoms with Gasteiger partial charge in [0.05, 0.1) is 5.60 Å². The summed E-state index contributed by atoms with van der Waals surface area (Å²) in [5.41, 5.74) is 1.01. The van der Waals surface area contributed by atoms with Crippen molar-refractivity contribution in [3.8, 4) is 0 Å². The number of carbonyl (C=O) groups excluding carboxylic acids is 1. The minimum atomic E-state index is -0.914. The molecule has 0 bridgehead atoms. The van der Waals surface area contributed by atoms with Crippen molar-refractivity contribution in [2.24, 2.45) is 5.84 Å². The van der Waals surface area contributed by atoms with Crippen LogP contribution in [0.1, 0.15) is 29.6 Å². The van der Waals surface area contributed by atoms with Crippen LogP contribution >= 0.6 is 0 Å². The molecule has 110 valence electrons. The Balaban J connectivity index is 2.06. The molecule has 5 nitrogen and oxygen atoms in total. The Labute approximate surface area is 115 Å². The molecule has 0 aromatic heterocycles. The fourth-order valence-corrected chi connectivity index (χ4v) is 2.21.